The zero-order valence-corrected chi connectivity index (χ0v) is 10.6. The molecule has 1 rings (SSSR count). The average Bonchev–Trinajstić information content (AvgIpc) is 2.22. The lowest BCUT2D eigenvalue weighted by atomic mass is 10.3. The lowest BCUT2D eigenvalue weighted by Gasteiger charge is -2.06. The summed E-state index contributed by atoms with van der Waals surface area (Å²) in [6.07, 6.45) is 0. The second kappa shape index (κ2) is 6.62. The fourth-order valence-electron chi connectivity index (χ4n) is 0.975. The second-order valence-electron chi connectivity index (χ2n) is 2.88. The van der Waals surface area contributed by atoms with Crippen LogP contribution in [0.1, 0.15) is 0 Å². The highest BCUT2D eigenvalue weighted by atomic mass is 127. The van der Waals surface area contributed by atoms with E-state index in [0.29, 0.717) is 13.2 Å². The van der Waals surface area contributed by atoms with Gasteiger partial charge in [0.25, 0.3) is 0 Å². The largest absolute Gasteiger partial charge is 0.383 e. The van der Waals surface area contributed by atoms with Gasteiger partial charge in [0.2, 0.25) is 0 Å². The number of carbonyl (C=O) groups excluding carboxylic acids is 1. The molecule has 0 fully saturated rings. The Morgan fingerprint density at radius 2 is 2.07 bits per heavy atom. The maximum absolute atomic E-state index is 11.3. The summed E-state index contributed by atoms with van der Waals surface area (Å²) in [5.74, 6) is 0. The Bertz CT molecular complexity index is 314. The monoisotopic (exact) mass is 320 g/mol. The molecule has 82 valence electrons. The molecule has 0 bridgehead atoms. The fraction of sp³-hybridized carbons (Fsp3) is 0.300. The minimum Gasteiger partial charge on any atom is -0.383 e. The molecule has 0 radical (unpaired) electrons. The van der Waals surface area contributed by atoms with Crippen LogP contribution in [0.2, 0.25) is 0 Å². The molecule has 0 aromatic heterocycles. The molecule has 4 nitrogen and oxygen atoms in total. The summed E-state index contributed by atoms with van der Waals surface area (Å²) in [6, 6.07) is 7.37. The molecule has 0 aliphatic heterocycles. The molecule has 1 aromatic rings. The minimum absolute atomic E-state index is 0.215. The number of carbonyl (C=O) groups is 1. The lowest BCUT2D eigenvalue weighted by Crippen LogP contribution is -2.31. The number of nitrogens with one attached hydrogen (secondary N) is 2. The first kappa shape index (κ1) is 12.3. The number of hydrogen-bond acceptors (Lipinski definition) is 2. The van der Waals surface area contributed by atoms with Gasteiger partial charge in [-0.05, 0) is 46.9 Å². The van der Waals surface area contributed by atoms with E-state index in [1.807, 2.05) is 24.3 Å². The van der Waals surface area contributed by atoms with Crippen molar-refractivity contribution in [1.29, 1.82) is 0 Å². The van der Waals surface area contributed by atoms with Crippen molar-refractivity contribution in [2.24, 2.45) is 0 Å². The Labute approximate surface area is 103 Å². The van der Waals surface area contributed by atoms with Gasteiger partial charge in [-0.1, -0.05) is 0 Å². The molecule has 2 amide bonds. The Hall–Kier alpha value is -0.820. The molecular formula is C10H13IN2O2. The van der Waals surface area contributed by atoms with Crippen LogP contribution in [0.15, 0.2) is 24.3 Å². The molecule has 2 N–H and O–H groups in total. The molecule has 0 saturated heterocycles. The maximum Gasteiger partial charge on any atom is 0.319 e. The number of amides is 2. The van der Waals surface area contributed by atoms with E-state index in [2.05, 4.69) is 33.2 Å². The Morgan fingerprint density at radius 3 is 2.67 bits per heavy atom. The average molecular weight is 320 g/mol. The highest BCUT2D eigenvalue weighted by molar-refractivity contribution is 14.1. The predicted octanol–water partition coefficient (Wildman–Crippen LogP) is 2.06. The Balaban J connectivity index is 2.34. The summed E-state index contributed by atoms with van der Waals surface area (Å²) in [6.45, 7) is 1.02. The SMILES string of the molecule is COCCNC(=O)Nc1ccc(I)cc1. The summed E-state index contributed by atoms with van der Waals surface area (Å²) in [7, 11) is 1.60. The number of rotatable bonds is 4. The van der Waals surface area contributed by atoms with Gasteiger partial charge in [-0.2, -0.15) is 0 Å². The molecule has 15 heavy (non-hydrogen) atoms. The molecule has 5 heteroatoms. The van der Waals surface area contributed by atoms with Crippen molar-refractivity contribution < 1.29 is 9.53 Å². The first-order chi connectivity index (χ1) is 7.22. The minimum atomic E-state index is -0.215. The van der Waals surface area contributed by atoms with E-state index in [9.17, 15) is 4.79 Å². The van der Waals surface area contributed by atoms with Gasteiger partial charge < -0.3 is 15.4 Å². The zero-order valence-electron chi connectivity index (χ0n) is 8.42. The van der Waals surface area contributed by atoms with Crippen molar-refractivity contribution >= 4 is 34.3 Å². The first-order valence-electron chi connectivity index (χ1n) is 4.51. The summed E-state index contributed by atoms with van der Waals surface area (Å²) < 4.78 is 5.95. The van der Waals surface area contributed by atoms with E-state index < -0.39 is 0 Å². The Morgan fingerprint density at radius 1 is 1.40 bits per heavy atom. The van der Waals surface area contributed by atoms with Gasteiger partial charge in [0.05, 0.1) is 6.61 Å². The quantitative estimate of drug-likeness (QED) is 0.659. The van der Waals surface area contributed by atoms with Crippen LogP contribution in [0.4, 0.5) is 10.5 Å². The molecule has 0 aliphatic carbocycles. The van der Waals surface area contributed by atoms with Gasteiger partial charge in [-0.3, -0.25) is 0 Å². The van der Waals surface area contributed by atoms with Crippen molar-refractivity contribution in [3.05, 3.63) is 27.8 Å². The summed E-state index contributed by atoms with van der Waals surface area (Å²) in [5.41, 5.74) is 0.783. The van der Waals surface area contributed by atoms with Crippen LogP contribution in [0, 0.1) is 3.57 Å². The maximum atomic E-state index is 11.3. The van der Waals surface area contributed by atoms with Crippen LogP contribution >= 0.6 is 22.6 Å². The van der Waals surface area contributed by atoms with E-state index in [0.717, 1.165) is 9.26 Å². The molecule has 1 aromatic carbocycles. The van der Waals surface area contributed by atoms with Crippen molar-refractivity contribution in [3.8, 4) is 0 Å². The zero-order chi connectivity index (χ0) is 11.1. The van der Waals surface area contributed by atoms with Crippen molar-refractivity contribution in [2.45, 2.75) is 0 Å². The lowest BCUT2D eigenvalue weighted by molar-refractivity contribution is 0.198. The van der Waals surface area contributed by atoms with E-state index in [-0.39, 0.29) is 6.03 Å². The second-order valence-corrected chi connectivity index (χ2v) is 4.13. The van der Waals surface area contributed by atoms with Gasteiger partial charge in [0.1, 0.15) is 0 Å². The molecule has 0 atom stereocenters. The van der Waals surface area contributed by atoms with E-state index in [1.54, 1.807) is 7.11 Å². The number of hydrogen-bond donors (Lipinski definition) is 2. The van der Waals surface area contributed by atoms with Crippen molar-refractivity contribution in [3.63, 3.8) is 0 Å². The van der Waals surface area contributed by atoms with Gasteiger partial charge in [-0.15, -0.1) is 0 Å². The van der Waals surface area contributed by atoms with Gasteiger partial charge >= 0.3 is 6.03 Å². The van der Waals surface area contributed by atoms with E-state index in [1.165, 1.54) is 0 Å². The summed E-state index contributed by atoms with van der Waals surface area (Å²) >= 11 is 2.21. The first-order valence-corrected chi connectivity index (χ1v) is 5.59. The van der Waals surface area contributed by atoms with Crippen LogP contribution in [-0.2, 0) is 4.74 Å². The number of benzene rings is 1. The normalized spacial score (nSPS) is 9.73. The van der Waals surface area contributed by atoms with Gasteiger partial charge in [0, 0.05) is 22.9 Å². The molecule has 0 unspecified atom stereocenters. The summed E-state index contributed by atoms with van der Waals surface area (Å²) in [4.78, 5) is 11.3. The van der Waals surface area contributed by atoms with Gasteiger partial charge in [0.15, 0.2) is 0 Å². The standard InChI is InChI=1S/C10H13IN2O2/c1-15-7-6-12-10(14)13-9-4-2-8(11)3-5-9/h2-5H,6-7H2,1H3,(H2,12,13,14). The third-order valence-corrected chi connectivity index (χ3v) is 2.41. The summed E-state index contributed by atoms with van der Waals surface area (Å²) in [5, 5.41) is 5.39. The number of urea groups is 1. The van der Waals surface area contributed by atoms with E-state index >= 15 is 0 Å². The third-order valence-electron chi connectivity index (χ3n) is 1.69. The van der Waals surface area contributed by atoms with Crippen LogP contribution in [0.3, 0.4) is 0 Å². The van der Waals surface area contributed by atoms with Crippen LogP contribution in [0.5, 0.6) is 0 Å². The molecule has 0 aliphatic rings. The number of halogens is 1. The predicted molar refractivity (Wildman–Crippen MR) is 68.1 cm³/mol. The highest BCUT2D eigenvalue weighted by Gasteiger charge is 1.99. The molecule has 0 saturated carbocycles. The van der Waals surface area contributed by atoms with Crippen LogP contribution in [-0.4, -0.2) is 26.3 Å². The van der Waals surface area contributed by atoms with Crippen LogP contribution in [0.25, 0.3) is 0 Å². The van der Waals surface area contributed by atoms with E-state index in [4.69, 9.17) is 4.74 Å². The van der Waals surface area contributed by atoms with Crippen molar-refractivity contribution in [2.75, 3.05) is 25.6 Å². The topological polar surface area (TPSA) is 50.4 Å². The number of methoxy groups -OCH3 is 1. The smallest absolute Gasteiger partial charge is 0.319 e. The molecule has 0 heterocycles. The van der Waals surface area contributed by atoms with Crippen LogP contribution < -0.4 is 10.6 Å². The molecule has 0 spiro atoms. The highest BCUT2D eigenvalue weighted by Crippen LogP contribution is 2.10. The van der Waals surface area contributed by atoms with Gasteiger partial charge in [-0.25, -0.2) is 4.79 Å². The number of ether oxygens (including phenoxy) is 1. The Kier molecular flexibility index (Phi) is 5.41. The number of anilines is 1. The molecular weight excluding hydrogens is 307 g/mol. The van der Waals surface area contributed by atoms with Crippen molar-refractivity contribution in [1.82, 2.24) is 5.32 Å². The fourth-order valence-corrected chi connectivity index (χ4v) is 1.33. The third kappa shape index (κ3) is 4.98.